The summed E-state index contributed by atoms with van der Waals surface area (Å²) in [7, 11) is -2.27. The van der Waals surface area contributed by atoms with Crippen LogP contribution >= 0.6 is 11.6 Å². The Balaban J connectivity index is 1.76. The van der Waals surface area contributed by atoms with Crippen molar-refractivity contribution in [1.29, 1.82) is 0 Å². The van der Waals surface area contributed by atoms with Gasteiger partial charge in [-0.15, -0.1) is 0 Å². The van der Waals surface area contributed by atoms with Gasteiger partial charge in [0.05, 0.1) is 17.0 Å². The van der Waals surface area contributed by atoms with Gasteiger partial charge >= 0.3 is 0 Å². The highest BCUT2D eigenvalue weighted by molar-refractivity contribution is 7.89. The average Bonchev–Trinajstić information content (AvgIpc) is 2.72. The second kappa shape index (κ2) is 9.17. The van der Waals surface area contributed by atoms with Gasteiger partial charge in [0.25, 0.3) is 5.91 Å². The molecule has 0 unspecified atom stereocenters. The van der Waals surface area contributed by atoms with Gasteiger partial charge in [-0.05, 0) is 54.6 Å². The van der Waals surface area contributed by atoms with Crippen LogP contribution in [0.15, 0.2) is 71.6 Å². The van der Waals surface area contributed by atoms with Gasteiger partial charge in [0.1, 0.15) is 18.1 Å². The van der Waals surface area contributed by atoms with Crippen molar-refractivity contribution in [2.24, 2.45) is 5.14 Å². The summed E-state index contributed by atoms with van der Waals surface area (Å²) in [6.07, 6.45) is 0. The number of carbonyl (C=O) groups is 1. The first-order valence-electron chi connectivity index (χ1n) is 8.76. The number of ether oxygens (including phenoxy) is 2. The van der Waals surface area contributed by atoms with Gasteiger partial charge in [0.15, 0.2) is 0 Å². The number of halogens is 1. The van der Waals surface area contributed by atoms with E-state index in [0.29, 0.717) is 33.3 Å². The number of amides is 1. The Morgan fingerprint density at radius 3 is 2.37 bits per heavy atom. The summed E-state index contributed by atoms with van der Waals surface area (Å²) in [6, 6.07) is 17.6. The number of carbonyl (C=O) groups excluding carboxylic acids is 1. The fourth-order valence-corrected chi connectivity index (χ4v) is 3.39. The number of hydrogen-bond donors (Lipinski definition) is 2. The summed E-state index contributed by atoms with van der Waals surface area (Å²) in [4.78, 5) is 12.6. The maximum atomic E-state index is 12.6. The van der Waals surface area contributed by atoms with Gasteiger partial charge in [0, 0.05) is 16.8 Å². The molecule has 9 heteroatoms. The number of para-hydroxylation sites is 1. The molecule has 156 valence electrons. The molecule has 0 spiro atoms. The van der Waals surface area contributed by atoms with Crippen molar-refractivity contribution in [1.82, 2.24) is 0 Å². The van der Waals surface area contributed by atoms with Crippen molar-refractivity contribution in [3.05, 3.63) is 82.9 Å². The van der Waals surface area contributed by atoms with Gasteiger partial charge in [-0.1, -0.05) is 23.7 Å². The fourth-order valence-electron chi connectivity index (χ4n) is 2.68. The Morgan fingerprint density at radius 1 is 1.03 bits per heavy atom. The molecule has 7 nitrogen and oxygen atoms in total. The molecular formula is C21H19ClN2O5S. The Bertz CT molecular complexity index is 1160. The molecule has 3 aromatic carbocycles. The van der Waals surface area contributed by atoms with Crippen LogP contribution in [-0.2, 0) is 16.6 Å². The predicted molar refractivity (Wildman–Crippen MR) is 115 cm³/mol. The number of sulfonamides is 1. The third-order valence-electron chi connectivity index (χ3n) is 4.20. The summed E-state index contributed by atoms with van der Waals surface area (Å²) in [5.41, 5.74) is 1.47. The molecule has 0 aliphatic carbocycles. The van der Waals surface area contributed by atoms with E-state index in [9.17, 15) is 13.2 Å². The van der Waals surface area contributed by atoms with Crippen LogP contribution in [0.5, 0.6) is 11.5 Å². The first-order chi connectivity index (χ1) is 14.3. The number of anilines is 1. The summed E-state index contributed by atoms with van der Waals surface area (Å²) in [5, 5.41) is 8.26. The summed E-state index contributed by atoms with van der Waals surface area (Å²) < 4.78 is 33.8. The molecule has 0 aliphatic rings. The quantitative estimate of drug-likeness (QED) is 0.573. The van der Waals surface area contributed by atoms with E-state index in [2.05, 4.69) is 5.32 Å². The second-order valence-electron chi connectivity index (χ2n) is 6.27. The molecule has 0 saturated carbocycles. The van der Waals surface area contributed by atoms with Gasteiger partial charge in [-0.25, -0.2) is 13.6 Å². The topological polar surface area (TPSA) is 108 Å². The lowest BCUT2D eigenvalue weighted by molar-refractivity contribution is 0.102. The van der Waals surface area contributed by atoms with Crippen LogP contribution < -0.4 is 19.9 Å². The molecule has 3 N–H and O–H groups in total. The standard InChI is InChI=1S/C21H19ClN2O5S/c1-28-19-11-6-14(12-15(19)13-29-20-5-3-2-4-18(20)22)21(25)24-16-7-9-17(10-8-16)30(23,26)27/h2-12H,13H2,1H3,(H,24,25)(H2,23,26,27). The highest BCUT2D eigenvalue weighted by Crippen LogP contribution is 2.27. The average molecular weight is 447 g/mol. The minimum atomic E-state index is -3.80. The van der Waals surface area contributed by atoms with Gasteiger partial charge in [-0.2, -0.15) is 0 Å². The van der Waals surface area contributed by atoms with Crippen LogP contribution in [0.3, 0.4) is 0 Å². The molecule has 3 rings (SSSR count). The first kappa shape index (κ1) is 21.6. The van der Waals surface area contributed by atoms with Crippen molar-refractivity contribution < 1.29 is 22.7 Å². The summed E-state index contributed by atoms with van der Waals surface area (Å²) in [5.74, 6) is 0.710. The van der Waals surface area contributed by atoms with Crippen LogP contribution in [0, 0.1) is 0 Å². The number of benzene rings is 3. The van der Waals surface area contributed by atoms with E-state index in [1.165, 1.54) is 31.4 Å². The lowest BCUT2D eigenvalue weighted by atomic mass is 10.1. The number of primary sulfonamides is 1. The third-order valence-corrected chi connectivity index (χ3v) is 5.44. The number of nitrogens with two attached hydrogens (primary N) is 1. The van der Waals surface area contributed by atoms with E-state index in [4.69, 9.17) is 26.2 Å². The van der Waals surface area contributed by atoms with Gasteiger partial charge < -0.3 is 14.8 Å². The zero-order chi connectivity index (χ0) is 21.7. The van der Waals surface area contributed by atoms with Crippen LogP contribution in [0.25, 0.3) is 0 Å². The molecular weight excluding hydrogens is 428 g/mol. The second-order valence-corrected chi connectivity index (χ2v) is 8.24. The highest BCUT2D eigenvalue weighted by Gasteiger charge is 2.13. The largest absolute Gasteiger partial charge is 0.496 e. The van der Waals surface area contributed by atoms with Crippen molar-refractivity contribution >= 4 is 33.2 Å². The lowest BCUT2D eigenvalue weighted by Gasteiger charge is -2.13. The van der Waals surface area contributed by atoms with Crippen LogP contribution in [0.4, 0.5) is 5.69 Å². The van der Waals surface area contributed by atoms with Crippen molar-refractivity contribution in [2.75, 3.05) is 12.4 Å². The molecule has 3 aromatic rings. The summed E-state index contributed by atoms with van der Waals surface area (Å²) in [6.45, 7) is 0.150. The number of hydrogen-bond acceptors (Lipinski definition) is 5. The van der Waals surface area contributed by atoms with Crippen LogP contribution in [0.2, 0.25) is 5.02 Å². The molecule has 0 radical (unpaired) electrons. The molecule has 0 saturated heterocycles. The van der Waals surface area contributed by atoms with E-state index in [-0.39, 0.29) is 17.4 Å². The van der Waals surface area contributed by atoms with Gasteiger partial charge in [-0.3, -0.25) is 4.79 Å². The smallest absolute Gasteiger partial charge is 0.255 e. The maximum Gasteiger partial charge on any atom is 0.255 e. The van der Waals surface area contributed by atoms with E-state index < -0.39 is 10.0 Å². The predicted octanol–water partition coefficient (Wildman–Crippen LogP) is 3.83. The maximum absolute atomic E-state index is 12.6. The van der Waals surface area contributed by atoms with E-state index in [1.54, 1.807) is 36.4 Å². The molecule has 0 atom stereocenters. The number of methoxy groups -OCH3 is 1. The summed E-state index contributed by atoms with van der Waals surface area (Å²) >= 11 is 6.11. The van der Waals surface area contributed by atoms with Crippen LogP contribution in [-0.4, -0.2) is 21.4 Å². The SMILES string of the molecule is COc1ccc(C(=O)Nc2ccc(S(N)(=O)=O)cc2)cc1COc1ccccc1Cl. The van der Waals surface area contributed by atoms with Crippen molar-refractivity contribution in [2.45, 2.75) is 11.5 Å². The Hall–Kier alpha value is -3.07. The van der Waals surface area contributed by atoms with E-state index in [0.717, 1.165) is 0 Å². The Kier molecular flexibility index (Phi) is 6.61. The zero-order valence-corrected chi connectivity index (χ0v) is 17.5. The minimum absolute atomic E-state index is 0.0380. The first-order valence-corrected chi connectivity index (χ1v) is 10.7. The van der Waals surface area contributed by atoms with Gasteiger partial charge in [0.2, 0.25) is 10.0 Å². The molecule has 30 heavy (non-hydrogen) atoms. The fraction of sp³-hybridized carbons (Fsp3) is 0.0952. The number of nitrogens with one attached hydrogen (secondary N) is 1. The third kappa shape index (κ3) is 5.29. The molecule has 0 aromatic heterocycles. The molecule has 1 amide bonds. The Morgan fingerprint density at radius 2 is 1.73 bits per heavy atom. The van der Waals surface area contributed by atoms with Crippen molar-refractivity contribution in [3.63, 3.8) is 0 Å². The normalized spacial score (nSPS) is 11.0. The zero-order valence-electron chi connectivity index (χ0n) is 16.0. The monoisotopic (exact) mass is 446 g/mol. The van der Waals surface area contributed by atoms with E-state index >= 15 is 0 Å². The highest BCUT2D eigenvalue weighted by atomic mass is 35.5. The van der Waals surface area contributed by atoms with Crippen molar-refractivity contribution in [3.8, 4) is 11.5 Å². The number of rotatable bonds is 7. The molecule has 0 aliphatic heterocycles. The minimum Gasteiger partial charge on any atom is -0.496 e. The molecule has 0 fully saturated rings. The van der Waals surface area contributed by atoms with E-state index in [1.807, 2.05) is 6.07 Å². The Labute approximate surface area is 179 Å². The molecule has 0 bridgehead atoms. The lowest BCUT2D eigenvalue weighted by Crippen LogP contribution is -2.14. The molecule has 0 heterocycles. The van der Waals surface area contributed by atoms with Crippen LogP contribution in [0.1, 0.15) is 15.9 Å².